The van der Waals surface area contributed by atoms with E-state index in [1.54, 1.807) is 34.9 Å². The summed E-state index contributed by atoms with van der Waals surface area (Å²) in [5.74, 6) is 0. The van der Waals surface area contributed by atoms with Crippen molar-refractivity contribution in [3.05, 3.63) is 53.7 Å². The van der Waals surface area contributed by atoms with E-state index in [4.69, 9.17) is 0 Å². The van der Waals surface area contributed by atoms with Gasteiger partial charge in [-0.15, -0.1) is 0 Å². The molecule has 34 heavy (non-hydrogen) atoms. The lowest BCUT2D eigenvalue weighted by atomic mass is 9.97. The number of sulfonamides is 1. The molecule has 2 heterocycles. The van der Waals surface area contributed by atoms with Gasteiger partial charge in [-0.3, -0.25) is 0 Å². The number of hydrogen-bond acceptors (Lipinski definition) is 4. The van der Waals surface area contributed by atoms with Gasteiger partial charge in [0, 0.05) is 29.3 Å². The SMILES string of the molecule is CC(C)(C)Cn1cc([C@H](NS(=O)(=O)C2CC2)C(F)(F)F)c2ccc(-c3ccccc3C#N)nc21. The average molecular weight is 491 g/mol. The van der Waals surface area contributed by atoms with Crippen LogP contribution in [0.5, 0.6) is 0 Å². The summed E-state index contributed by atoms with van der Waals surface area (Å²) in [6, 6.07) is 9.66. The fraction of sp³-hybridized carbons (Fsp3) is 0.417. The van der Waals surface area contributed by atoms with Crippen molar-refractivity contribution in [1.82, 2.24) is 14.3 Å². The quantitative estimate of drug-likeness (QED) is 0.508. The van der Waals surface area contributed by atoms with Crippen molar-refractivity contribution in [3.8, 4) is 17.3 Å². The second-order valence-electron chi connectivity index (χ2n) is 9.83. The monoisotopic (exact) mass is 490 g/mol. The lowest BCUT2D eigenvalue weighted by Gasteiger charge is -2.21. The molecule has 1 aromatic carbocycles. The number of alkyl halides is 3. The van der Waals surface area contributed by atoms with Gasteiger partial charge in [0.05, 0.1) is 22.6 Å². The smallest absolute Gasteiger partial charge is 0.332 e. The van der Waals surface area contributed by atoms with Crippen LogP contribution in [-0.2, 0) is 16.6 Å². The number of rotatable bonds is 6. The Morgan fingerprint density at radius 1 is 1.18 bits per heavy atom. The Labute approximate surface area is 196 Å². The molecular formula is C24H25F3N4O2S. The van der Waals surface area contributed by atoms with Crippen LogP contribution in [0.1, 0.15) is 50.8 Å². The van der Waals surface area contributed by atoms with Crippen molar-refractivity contribution < 1.29 is 21.6 Å². The van der Waals surface area contributed by atoms with Crippen LogP contribution in [0, 0.1) is 16.7 Å². The van der Waals surface area contributed by atoms with Gasteiger partial charge >= 0.3 is 6.18 Å². The average Bonchev–Trinajstić information content (AvgIpc) is 3.55. The van der Waals surface area contributed by atoms with E-state index in [2.05, 4.69) is 11.1 Å². The van der Waals surface area contributed by atoms with E-state index >= 15 is 0 Å². The van der Waals surface area contributed by atoms with E-state index in [0.29, 0.717) is 41.9 Å². The summed E-state index contributed by atoms with van der Waals surface area (Å²) in [5.41, 5.74) is 1.24. The van der Waals surface area contributed by atoms with Crippen LogP contribution in [-0.4, -0.2) is 29.4 Å². The van der Waals surface area contributed by atoms with Crippen LogP contribution in [0.4, 0.5) is 13.2 Å². The van der Waals surface area contributed by atoms with Gasteiger partial charge in [-0.05, 0) is 36.5 Å². The zero-order valence-corrected chi connectivity index (χ0v) is 19.8. The van der Waals surface area contributed by atoms with Crippen molar-refractivity contribution in [2.24, 2.45) is 5.41 Å². The summed E-state index contributed by atoms with van der Waals surface area (Å²) in [4.78, 5) is 4.63. The lowest BCUT2D eigenvalue weighted by Crippen LogP contribution is -2.39. The molecule has 4 rings (SSSR count). The second-order valence-corrected chi connectivity index (χ2v) is 11.8. The number of fused-ring (bicyclic) bond motifs is 1. The van der Waals surface area contributed by atoms with Crippen LogP contribution >= 0.6 is 0 Å². The Morgan fingerprint density at radius 3 is 2.44 bits per heavy atom. The second kappa shape index (κ2) is 8.40. The van der Waals surface area contributed by atoms with E-state index < -0.39 is 27.5 Å². The molecule has 1 fully saturated rings. The van der Waals surface area contributed by atoms with Gasteiger partial charge in [0.15, 0.2) is 0 Å². The largest absolute Gasteiger partial charge is 0.408 e. The third-order valence-corrected chi connectivity index (χ3v) is 7.52. The molecular weight excluding hydrogens is 465 g/mol. The molecule has 3 aromatic rings. The first-order valence-electron chi connectivity index (χ1n) is 10.9. The molecule has 0 bridgehead atoms. The van der Waals surface area contributed by atoms with E-state index in [0.717, 1.165) is 0 Å². The molecule has 180 valence electrons. The van der Waals surface area contributed by atoms with Crippen LogP contribution in [0.25, 0.3) is 22.3 Å². The maximum atomic E-state index is 14.1. The molecule has 2 aromatic heterocycles. The van der Waals surface area contributed by atoms with Gasteiger partial charge < -0.3 is 4.57 Å². The maximum absolute atomic E-state index is 14.1. The third kappa shape index (κ3) is 4.95. The molecule has 0 amide bonds. The van der Waals surface area contributed by atoms with Gasteiger partial charge in [-0.1, -0.05) is 39.0 Å². The Bertz CT molecular complexity index is 1380. The molecule has 0 unspecified atom stereocenters. The molecule has 1 atom stereocenters. The first-order valence-corrected chi connectivity index (χ1v) is 12.4. The van der Waals surface area contributed by atoms with E-state index in [9.17, 15) is 26.9 Å². The minimum absolute atomic E-state index is 0.191. The summed E-state index contributed by atoms with van der Waals surface area (Å²) in [5, 5.41) is 8.88. The molecule has 1 saturated carbocycles. The van der Waals surface area contributed by atoms with Crippen molar-refractivity contribution >= 4 is 21.1 Å². The highest BCUT2D eigenvalue weighted by Crippen LogP contribution is 2.40. The number of nitrogens with zero attached hydrogens (tertiary/aromatic N) is 3. The number of nitriles is 1. The normalized spacial score (nSPS) is 15.9. The van der Waals surface area contributed by atoms with Crippen molar-refractivity contribution in [2.75, 3.05) is 0 Å². The van der Waals surface area contributed by atoms with Gasteiger partial charge in [0.1, 0.15) is 11.7 Å². The Morgan fingerprint density at radius 2 is 1.85 bits per heavy atom. The Hall–Kier alpha value is -2.90. The van der Waals surface area contributed by atoms with Crippen molar-refractivity contribution in [1.29, 1.82) is 5.26 Å². The zero-order valence-electron chi connectivity index (χ0n) is 19.0. The topological polar surface area (TPSA) is 87.8 Å². The Kier molecular flexibility index (Phi) is 5.98. The van der Waals surface area contributed by atoms with Crippen molar-refractivity contribution in [2.45, 2.75) is 57.6 Å². The number of pyridine rings is 1. The number of aromatic nitrogens is 2. The first-order chi connectivity index (χ1) is 15.8. The zero-order chi connectivity index (χ0) is 24.9. The molecule has 1 aliphatic rings. The van der Waals surface area contributed by atoms with E-state index in [1.807, 2.05) is 25.5 Å². The predicted molar refractivity (Wildman–Crippen MR) is 123 cm³/mol. The number of halogens is 3. The minimum atomic E-state index is -4.84. The highest BCUT2D eigenvalue weighted by Gasteiger charge is 2.47. The molecule has 0 saturated heterocycles. The molecule has 6 nitrogen and oxygen atoms in total. The summed E-state index contributed by atoms with van der Waals surface area (Å²) < 4.78 is 70.9. The first kappa shape index (κ1) is 24.2. The molecule has 1 aliphatic carbocycles. The van der Waals surface area contributed by atoms with E-state index in [1.165, 1.54) is 12.3 Å². The van der Waals surface area contributed by atoms with Gasteiger partial charge in [0.25, 0.3) is 0 Å². The summed E-state index contributed by atoms with van der Waals surface area (Å²) >= 11 is 0. The van der Waals surface area contributed by atoms with Gasteiger partial charge in [-0.2, -0.15) is 23.2 Å². The maximum Gasteiger partial charge on any atom is 0.408 e. The molecule has 0 spiro atoms. The standard InChI is InChI=1S/C24H25F3N4O2S/c1-23(2,3)14-31-13-19(21(24(25,26)27)30-34(32,33)16-8-9-16)18-10-11-20(29-22(18)31)17-7-5-4-6-15(17)12-28/h4-7,10-11,13,16,21,30H,8-9,14H2,1-3H3/t21-/m0/s1. The van der Waals surface area contributed by atoms with Crippen molar-refractivity contribution in [3.63, 3.8) is 0 Å². The fourth-order valence-corrected chi connectivity index (χ4v) is 5.49. The third-order valence-electron chi connectivity index (χ3n) is 5.60. The van der Waals surface area contributed by atoms with Gasteiger partial charge in [-0.25, -0.2) is 13.4 Å². The van der Waals surface area contributed by atoms with E-state index in [-0.39, 0.29) is 16.4 Å². The summed E-state index contributed by atoms with van der Waals surface area (Å²) in [6.45, 7) is 6.21. The number of nitrogens with one attached hydrogen (secondary N) is 1. The minimum Gasteiger partial charge on any atom is -0.332 e. The number of hydrogen-bond donors (Lipinski definition) is 1. The number of benzene rings is 1. The molecule has 0 aliphatic heterocycles. The van der Waals surface area contributed by atoms with Crippen LogP contribution in [0.15, 0.2) is 42.6 Å². The molecule has 1 N–H and O–H groups in total. The predicted octanol–water partition coefficient (Wildman–Crippen LogP) is 5.31. The lowest BCUT2D eigenvalue weighted by molar-refractivity contribution is -0.152. The summed E-state index contributed by atoms with van der Waals surface area (Å²) in [6.07, 6.45) is -2.78. The highest BCUT2D eigenvalue weighted by molar-refractivity contribution is 7.90. The summed E-state index contributed by atoms with van der Waals surface area (Å²) in [7, 11) is -4.11. The molecule has 10 heteroatoms. The van der Waals surface area contributed by atoms with Crippen LogP contribution in [0.2, 0.25) is 0 Å². The van der Waals surface area contributed by atoms with Crippen LogP contribution in [0.3, 0.4) is 0 Å². The Balaban J connectivity index is 1.90. The van der Waals surface area contributed by atoms with Crippen LogP contribution < -0.4 is 4.72 Å². The van der Waals surface area contributed by atoms with Gasteiger partial charge in [0.2, 0.25) is 10.0 Å². The molecule has 0 radical (unpaired) electrons. The highest BCUT2D eigenvalue weighted by atomic mass is 32.2. The fourth-order valence-electron chi connectivity index (χ4n) is 3.95.